The van der Waals surface area contributed by atoms with Crippen molar-refractivity contribution in [3.8, 4) is 6.07 Å². The van der Waals surface area contributed by atoms with Crippen molar-refractivity contribution >= 4 is 44.2 Å². The van der Waals surface area contributed by atoms with Gasteiger partial charge in [0.15, 0.2) is 0 Å². The van der Waals surface area contributed by atoms with E-state index in [9.17, 15) is 23.2 Å². The van der Waals surface area contributed by atoms with E-state index in [1.807, 2.05) is 6.07 Å². The minimum atomic E-state index is -4.29. The van der Waals surface area contributed by atoms with Crippen LogP contribution in [0.2, 0.25) is 0 Å². The number of thiophene rings is 1. The Morgan fingerprint density at radius 2 is 1.97 bits per heavy atom. The summed E-state index contributed by atoms with van der Waals surface area (Å²) in [6.45, 7) is 1.52. The van der Waals surface area contributed by atoms with E-state index in [1.54, 1.807) is 12.1 Å². The third-order valence-electron chi connectivity index (χ3n) is 6.61. The van der Waals surface area contributed by atoms with Gasteiger partial charge in [-0.1, -0.05) is 6.07 Å². The van der Waals surface area contributed by atoms with Gasteiger partial charge in [0.2, 0.25) is 5.91 Å². The smallest absolute Gasteiger partial charge is 0.368 e. The highest BCUT2D eigenvalue weighted by Gasteiger charge is 2.29. The summed E-state index contributed by atoms with van der Waals surface area (Å²) in [5.74, 6) is -0.537. The molecule has 3 aromatic heterocycles. The van der Waals surface area contributed by atoms with Gasteiger partial charge in [-0.15, -0.1) is 11.3 Å². The molecule has 0 unspecified atom stereocenters. The fourth-order valence-electron chi connectivity index (χ4n) is 4.86. The van der Waals surface area contributed by atoms with Gasteiger partial charge in [0.1, 0.15) is 41.1 Å². The van der Waals surface area contributed by atoms with Crippen LogP contribution < -0.4 is 11.1 Å². The van der Waals surface area contributed by atoms with Crippen molar-refractivity contribution in [2.75, 3.05) is 18.4 Å². The Labute approximate surface area is 218 Å². The molecule has 3 N–H and O–H groups in total. The number of anilines is 1. The van der Waals surface area contributed by atoms with Gasteiger partial charge in [0, 0.05) is 41.5 Å². The second-order valence-electron chi connectivity index (χ2n) is 9.31. The molecule has 0 aliphatic carbocycles. The number of halogens is 4. The summed E-state index contributed by atoms with van der Waals surface area (Å²) in [5, 5.41) is 13.6. The molecule has 0 bridgehead atoms. The number of amides is 1. The van der Waals surface area contributed by atoms with E-state index >= 15 is 4.39 Å². The standard InChI is InChI=1S/C25H23F4N7OS/c26-22-14(1-2-20-18(22)7-16(10-30)36(20)12-21(31)37)11-35-5-3-15(4-6-35)34-23-19-8-17(9-25(27,28)29)38-24(19)33-13-32-23/h1-2,7-8,13,15H,3-6,9,11-12H2,(H2,31,37)(H,32,33,34). The monoisotopic (exact) mass is 545 g/mol. The van der Waals surface area contributed by atoms with Crippen LogP contribution in [0.1, 0.15) is 29.0 Å². The summed E-state index contributed by atoms with van der Waals surface area (Å²) < 4.78 is 55.2. The number of hydrogen-bond donors (Lipinski definition) is 2. The van der Waals surface area contributed by atoms with Gasteiger partial charge >= 0.3 is 6.18 Å². The Morgan fingerprint density at radius 3 is 2.66 bits per heavy atom. The van der Waals surface area contributed by atoms with Crippen molar-refractivity contribution in [2.24, 2.45) is 5.73 Å². The predicted octanol–water partition coefficient (Wildman–Crippen LogP) is 4.32. The molecule has 4 aromatic rings. The fraction of sp³-hybridized carbons (Fsp3) is 0.360. The van der Waals surface area contributed by atoms with Gasteiger partial charge in [0.25, 0.3) is 0 Å². The molecule has 1 amide bonds. The molecule has 1 fully saturated rings. The van der Waals surface area contributed by atoms with Crippen LogP contribution in [-0.4, -0.2) is 50.6 Å². The van der Waals surface area contributed by atoms with Crippen LogP contribution in [0.25, 0.3) is 21.1 Å². The lowest BCUT2D eigenvalue weighted by Crippen LogP contribution is -2.39. The van der Waals surface area contributed by atoms with Crippen molar-refractivity contribution in [2.45, 2.75) is 44.6 Å². The van der Waals surface area contributed by atoms with E-state index in [0.29, 0.717) is 46.7 Å². The van der Waals surface area contributed by atoms with E-state index in [4.69, 9.17) is 5.73 Å². The minimum Gasteiger partial charge on any atom is -0.368 e. The molecule has 1 aliphatic heterocycles. The first-order chi connectivity index (χ1) is 18.1. The third kappa shape index (κ3) is 5.41. The number of hydrogen-bond acceptors (Lipinski definition) is 7. The molecule has 5 rings (SSSR count). The lowest BCUT2D eigenvalue weighted by Gasteiger charge is -2.32. The van der Waals surface area contributed by atoms with Crippen molar-refractivity contribution in [1.29, 1.82) is 5.26 Å². The summed E-state index contributed by atoms with van der Waals surface area (Å²) in [5.41, 5.74) is 6.36. The van der Waals surface area contributed by atoms with Crippen LogP contribution in [-0.2, 0) is 24.3 Å². The number of nitrogens with two attached hydrogens (primary N) is 1. The molecule has 4 heterocycles. The van der Waals surface area contributed by atoms with Crippen molar-refractivity contribution in [3.63, 3.8) is 0 Å². The lowest BCUT2D eigenvalue weighted by molar-refractivity contribution is -0.126. The molecule has 0 saturated carbocycles. The molecule has 8 nitrogen and oxygen atoms in total. The van der Waals surface area contributed by atoms with E-state index in [-0.39, 0.29) is 28.5 Å². The molecule has 13 heteroatoms. The summed E-state index contributed by atoms with van der Waals surface area (Å²) >= 11 is 1.01. The van der Waals surface area contributed by atoms with Gasteiger partial charge in [-0.3, -0.25) is 9.69 Å². The van der Waals surface area contributed by atoms with Crippen molar-refractivity contribution in [3.05, 3.63) is 52.5 Å². The number of rotatable bonds is 7. The molecule has 0 atom stereocenters. The van der Waals surface area contributed by atoms with Gasteiger partial charge < -0.3 is 15.6 Å². The number of piperidine rings is 1. The number of carbonyl (C=O) groups excluding carboxylic acids is 1. The molecule has 1 saturated heterocycles. The predicted molar refractivity (Wildman–Crippen MR) is 135 cm³/mol. The number of nitriles is 1. The maximum Gasteiger partial charge on any atom is 0.393 e. The van der Waals surface area contributed by atoms with E-state index in [2.05, 4.69) is 20.2 Å². The van der Waals surface area contributed by atoms with Crippen LogP contribution in [0.15, 0.2) is 30.6 Å². The van der Waals surface area contributed by atoms with Crippen LogP contribution >= 0.6 is 11.3 Å². The number of likely N-dealkylation sites (tertiary alicyclic amines) is 1. The SMILES string of the molecule is N#Cc1cc2c(F)c(CN3CCC(Nc4ncnc5sc(CC(F)(F)F)cc45)CC3)ccc2n1CC(N)=O. The molecule has 1 aliphatic rings. The fourth-order valence-corrected chi connectivity index (χ4v) is 5.89. The summed E-state index contributed by atoms with van der Waals surface area (Å²) in [6, 6.07) is 8.32. The molecule has 0 radical (unpaired) electrons. The quantitative estimate of drug-likeness (QED) is 0.335. The van der Waals surface area contributed by atoms with Crippen LogP contribution in [0.3, 0.4) is 0 Å². The van der Waals surface area contributed by atoms with E-state index < -0.39 is 24.3 Å². The largest absolute Gasteiger partial charge is 0.393 e. The first-order valence-corrected chi connectivity index (χ1v) is 12.7. The average molecular weight is 546 g/mol. The highest BCUT2D eigenvalue weighted by molar-refractivity contribution is 7.18. The number of carbonyl (C=O) groups is 1. The molecule has 0 spiro atoms. The zero-order chi connectivity index (χ0) is 27.0. The normalized spacial score (nSPS) is 15.2. The molecule has 38 heavy (non-hydrogen) atoms. The highest BCUT2D eigenvalue weighted by atomic mass is 32.1. The summed E-state index contributed by atoms with van der Waals surface area (Å²) in [4.78, 5) is 22.6. The van der Waals surface area contributed by atoms with E-state index in [0.717, 1.165) is 24.2 Å². The number of primary amides is 1. The van der Waals surface area contributed by atoms with E-state index in [1.165, 1.54) is 23.0 Å². The molecule has 1 aromatic carbocycles. The maximum atomic E-state index is 15.3. The second kappa shape index (κ2) is 10.2. The second-order valence-corrected chi connectivity index (χ2v) is 10.4. The number of aromatic nitrogens is 3. The molecule has 198 valence electrons. The topological polar surface area (TPSA) is 113 Å². The van der Waals surface area contributed by atoms with Gasteiger partial charge in [0.05, 0.1) is 17.3 Å². The number of benzene rings is 1. The van der Waals surface area contributed by atoms with Gasteiger partial charge in [-0.05, 0) is 31.0 Å². The van der Waals surface area contributed by atoms with Crippen molar-refractivity contribution < 1.29 is 22.4 Å². The Balaban J connectivity index is 1.25. The maximum absolute atomic E-state index is 15.3. The number of fused-ring (bicyclic) bond motifs is 2. The molecular formula is C25H23F4N7OS. The average Bonchev–Trinajstić information content (AvgIpc) is 3.42. The van der Waals surface area contributed by atoms with Crippen LogP contribution in [0.5, 0.6) is 0 Å². The third-order valence-corrected chi connectivity index (χ3v) is 7.65. The van der Waals surface area contributed by atoms with Crippen molar-refractivity contribution in [1.82, 2.24) is 19.4 Å². The van der Waals surface area contributed by atoms with Crippen LogP contribution in [0, 0.1) is 17.1 Å². The van der Waals surface area contributed by atoms with Crippen LogP contribution in [0.4, 0.5) is 23.4 Å². The minimum absolute atomic E-state index is 0.0589. The zero-order valence-corrected chi connectivity index (χ0v) is 20.9. The van der Waals surface area contributed by atoms with Gasteiger partial charge in [-0.25, -0.2) is 14.4 Å². The Bertz CT molecular complexity index is 1550. The Hall–Kier alpha value is -3.76. The Kier molecular flexibility index (Phi) is 6.93. The lowest BCUT2D eigenvalue weighted by atomic mass is 10.0. The zero-order valence-electron chi connectivity index (χ0n) is 20.1. The molecular weight excluding hydrogens is 522 g/mol. The number of alkyl halides is 3. The summed E-state index contributed by atoms with van der Waals surface area (Å²) in [7, 11) is 0. The first-order valence-electron chi connectivity index (χ1n) is 11.9. The first kappa shape index (κ1) is 25.9. The number of nitrogens with one attached hydrogen (secondary N) is 1. The summed E-state index contributed by atoms with van der Waals surface area (Å²) in [6.07, 6.45) is -2.46. The highest BCUT2D eigenvalue weighted by Crippen LogP contribution is 2.33. The Morgan fingerprint density at radius 1 is 1.21 bits per heavy atom. The van der Waals surface area contributed by atoms with Gasteiger partial charge in [-0.2, -0.15) is 18.4 Å². The number of nitrogens with zero attached hydrogens (tertiary/aromatic N) is 5.